The molecule has 2 unspecified atom stereocenters. The molecule has 1 aromatic rings. The van der Waals surface area contributed by atoms with Crippen LogP contribution >= 0.6 is 15.9 Å². The minimum atomic E-state index is 0.443. The summed E-state index contributed by atoms with van der Waals surface area (Å²) in [6.07, 6.45) is 2.49. The number of ether oxygens (including phenoxy) is 2. The molecule has 0 bridgehead atoms. The van der Waals surface area contributed by atoms with Crippen LogP contribution in [0.3, 0.4) is 0 Å². The van der Waals surface area contributed by atoms with Crippen LogP contribution in [0, 0.1) is 5.92 Å². The van der Waals surface area contributed by atoms with Crippen molar-refractivity contribution in [3.63, 3.8) is 0 Å². The highest BCUT2D eigenvalue weighted by molar-refractivity contribution is 9.10. The molecule has 2 N–H and O–H groups in total. The lowest BCUT2D eigenvalue weighted by Gasteiger charge is -2.39. The maximum atomic E-state index is 5.98. The van der Waals surface area contributed by atoms with Gasteiger partial charge in [0, 0.05) is 24.7 Å². The molecule has 1 aromatic carbocycles. The standard InChI is InChI=1S/C16H25BrN2O2/c1-11-5-4-6-19(14(11)9-18)10-12-7-16(21-3)13(17)8-15(12)20-2/h7-8,11,14H,4-6,9-10,18H2,1-3H3. The largest absolute Gasteiger partial charge is 0.496 e. The van der Waals surface area contributed by atoms with Gasteiger partial charge in [0.1, 0.15) is 11.5 Å². The summed E-state index contributed by atoms with van der Waals surface area (Å²) in [5.74, 6) is 2.36. The molecule has 0 aliphatic carbocycles. The van der Waals surface area contributed by atoms with Crippen molar-refractivity contribution >= 4 is 15.9 Å². The Morgan fingerprint density at radius 3 is 2.62 bits per heavy atom. The third kappa shape index (κ3) is 3.71. The Hall–Kier alpha value is -0.780. The van der Waals surface area contributed by atoms with Gasteiger partial charge in [-0.3, -0.25) is 4.90 Å². The van der Waals surface area contributed by atoms with Crippen molar-refractivity contribution < 1.29 is 9.47 Å². The number of hydrogen-bond donors (Lipinski definition) is 1. The van der Waals surface area contributed by atoms with E-state index in [9.17, 15) is 0 Å². The van der Waals surface area contributed by atoms with E-state index in [4.69, 9.17) is 15.2 Å². The molecule has 1 aliphatic rings. The van der Waals surface area contributed by atoms with E-state index < -0.39 is 0 Å². The zero-order valence-corrected chi connectivity index (χ0v) is 14.6. The first-order valence-electron chi connectivity index (χ1n) is 7.45. The number of methoxy groups -OCH3 is 2. The molecule has 118 valence electrons. The van der Waals surface area contributed by atoms with E-state index in [1.165, 1.54) is 12.8 Å². The second kappa shape index (κ2) is 7.47. The number of rotatable bonds is 5. The summed E-state index contributed by atoms with van der Waals surface area (Å²) in [6, 6.07) is 4.47. The Morgan fingerprint density at radius 2 is 2.00 bits per heavy atom. The normalized spacial score (nSPS) is 23.1. The molecular weight excluding hydrogens is 332 g/mol. The topological polar surface area (TPSA) is 47.7 Å². The van der Waals surface area contributed by atoms with Crippen molar-refractivity contribution in [3.8, 4) is 11.5 Å². The zero-order valence-electron chi connectivity index (χ0n) is 13.1. The molecule has 5 heteroatoms. The Labute approximate surface area is 135 Å². The predicted octanol–water partition coefficient (Wildman–Crippen LogP) is 3.03. The minimum absolute atomic E-state index is 0.443. The van der Waals surface area contributed by atoms with Crippen molar-refractivity contribution in [2.75, 3.05) is 27.3 Å². The number of piperidine rings is 1. The lowest BCUT2D eigenvalue weighted by molar-refractivity contribution is 0.0981. The van der Waals surface area contributed by atoms with Gasteiger partial charge >= 0.3 is 0 Å². The predicted molar refractivity (Wildman–Crippen MR) is 88.9 cm³/mol. The second-order valence-electron chi connectivity index (χ2n) is 5.69. The van der Waals surface area contributed by atoms with Gasteiger partial charge in [-0.05, 0) is 53.4 Å². The highest BCUT2D eigenvalue weighted by Crippen LogP contribution is 2.34. The highest BCUT2D eigenvalue weighted by atomic mass is 79.9. The van der Waals surface area contributed by atoms with E-state index in [-0.39, 0.29) is 0 Å². The van der Waals surface area contributed by atoms with Gasteiger partial charge in [-0.25, -0.2) is 0 Å². The van der Waals surface area contributed by atoms with E-state index >= 15 is 0 Å². The van der Waals surface area contributed by atoms with E-state index in [1.54, 1.807) is 14.2 Å². The van der Waals surface area contributed by atoms with Gasteiger partial charge in [0.2, 0.25) is 0 Å². The molecule has 4 nitrogen and oxygen atoms in total. The van der Waals surface area contributed by atoms with Gasteiger partial charge in [-0.15, -0.1) is 0 Å². The van der Waals surface area contributed by atoms with E-state index in [1.807, 2.05) is 6.07 Å². The third-order valence-corrected chi connectivity index (χ3v) is 5.02. The summed E-state index contributed by atoms with van der Waals surface area (Å²) in [5, 5.41) is 0. The van der Waals surface area contributed by atoms with Crippen LogP contribution in [0.5, 0.6) is 11.5 Å². The average molecular weight is 357 g/mol. The number of nitrogens with zero attached hydrogens (tertiary/aromatic N) is 1. The van der Waals surface area contributed by atoms with Gasteiger partial charge in [-0.2, -0.15) is 0 Å². The van der Waals surface area contributed by atoms with Crippen molar-refractivity contribution in [2.24, 2.45) is 11.7 Å². The summed E-state index contributed by atoms with van der Waals surface area (Å²) in [7, 11) is 3.39. The van der Waals surface area contributed by atoms with E-state index in [0.29, 0.717) is 18.5 Å². The van der Waals surface area contributed by atoms with Crippen molar-refractivity contribution in [2.45, 2.75) is 32.4 Å². The van der Waals surface area contributed by atoms with Gasteiger partial charge in [0.05, 0.1) is 18.7 Å². The summed E-state index contributed by atoms with van der Waals surface area (Å²) in [5.41, 5.74) is 7.13. The maximum Gasteiger partial charge on any atom is 0.133 e. The van der Waals surface area contributed by atoms with Crippen molar-refractivity contribution in [3.05, 3.63) is 22.2 Å². The van der Waals surface area contributed by atoms with Crippen LogP contribution in [-0.2, 0) is 6.54 Å². The highest BCUT2D eigenvalue weighted by Gasteiger charge is 2.28. The fourth-order valence-electron chi connectivity index (χ4n) is 3.18. The number of likely N-dealkylation sites (tertiary alicyclic amines) is 1. The Morgan fingerprint density at radius 1 is 1.29 bits per heavy atom. The Kier molecular flexibility index (Phi) is 5.90. The molecule has 21 heavy (non-hydrogen) atoms. The SMILES string of the molecule is COc1cc(CN2CCCC(C)C2CN)c(OC)cc1Br. The summed E-state index contributed by atoms with van der Waals surface area (Å²) in [4.78, 5) is 2.47. The first-order valence-corrected chi connectivity index (χ1v) is 8.24. The smallest absolute Gasteiger partial charge is 0.133 e. The lowest BCUT2D eigenvalue weighted by atomic mass is 9.90. The molecule has 0 radical (unpaired) electrons. The van der Waals surface area contributed by atoms with E-state index in [0.717, 1.165) is 34.6 Å². The van der Waals surface area contributed by atoms with Crippen molar-refractivity contribution in [1.82, 2.24) is 4.90 Å². The van der Waals surface area contributed by atoms with Crippen LogP contribution in [-0.4, -0.2) is 38.3 Å². The van der Waals surface area contributed by atoms with Crippen molar-refractivity contribution in [1.29, 1.82) is 0 Å². The molecule has 0 amide bonds. The third-order valence-electron chi connectivity index (χ3n) is 4.40. The Balaban J connectivity index is 2.25. The average Bonchev–Trinajstić information content (AvgIpc) is 2.48. The summed E-state index contributed by atoms with van der Waals surface area (Å²) < 4.78 is 11.8. The molecule has 1 aliphatic heterocycles. The minimum Gasteiger partial charge on any atom is -0.496 e. The Bertz CT molecular complexity index is 482. The maximum absolute atomic E-state index is 5.98. The molecule has 2 atom stereocenters. The van der Waals surface area contributed by atoms with Gasteiger partial charge in [0.25, 0.3) is 0 Å². The molecule has 2 rings (SSSR count). The van der Waals surface area contributed by atoms with E-state index in [2.05, 4.69) is 33.8 Å². The number of hydrogen-bond acceptors (Lipinski definition) is 4. The monoisotopic (exact) mass is 356 g/mol. The van der Waals surface area contributed by atoms with Gasteiger partial charge in [0.15, 0.2) is 0 Å². The summed E-state index contributed by atoms with van der Waals surface area (Å²) in [6.45, 7) is 4.94. The summed E-state index contributed by atoms with van der Waals surface area (Å²) >= 11 is 3.50. The van der Waals surface area contributed by atoms with Crippen LogP contribution in [0.25, 0.3) is 0 Å². The lowest BCUT2D eigenvalue weighted by Crippen LogP contribution is -2.48. The molecule has 1 fully saturated rings. The van der Waals surface area contributed by atoms with Gasteiger partial charge in [-0.1, -0.05) is 6.92 Å². The van der Waals surface area contributed by atoms with Crippen LogP contribution in [0.4, 0.5) is 0 Å². The molecule has 0 aromatic heterocycles. The van der Waals surface area contributed by atoms with Crippen LogP contribution < -0.4 is 15.2 Å². The fraction of sp³-hybridized carbons (Fsp3) is 0.625. The number of benzene rings is 1. The van der Waals surface area contributed by atoms with Crippen LogP contribution in [0.15, 0.2) is 16.6 Å². The molecular formula is C16H25BrN2O2. The van der Waals surface area contributed by atoms with Crippen LogP contribution in [0.2, 0.25) is 0 Å². The first-order chi connectivity index (χ1) is 10.1. The molecule has 1 heterocycles. The molecule has 1 saturated heterocycles. The fourth-order valence-corrected chi connectivity index (χ4v) is 3.66. The quantitative estimate of drug-likeness (QED) is 0.880. The molecule has 0 spiro atoms. The molecule has 0 saturated carbocycles. The second-order valence-corrected chi connectivity index (χ2v) is 6.55. The van der Waals surface area contributed by atoms with Gasteiger partial charge < -0.3 is 15.2 Å². The number of nitrogens with two attached hydrogens (primary N) is 1. The zero-order chi connectivity index (χ0) is 15.4. The first kappa shape index (κ1) is 16.6. The number of halogens is 1. The van der Waals surface area contributed by atoms with Crippen LogP contribution in [0.1, 0.15) is 25.3 Å².